The first-order chi connectivity index (χ1) is 16.1. The van der Waals surface area contributed by atoms with Crippen molar-refractivity contribution in [1.29, 1.82) is 0 Å². The average molecular weight is 465 g/mol. The van der Waals surface area contributed by atoms with E-state index >= 15 is 0 Å². The Labute approximate surface area is 195 Å². The Bertz CT molecular complexity index is 1290. The van der Waals surface area contributed by atoms with Crippen LogP contribution in [-0.4, -0.2) is 28.9 Å². The lowest BCUT2D eigenvalue weighted by atomic mass is 9.96. The van der Waals surface area contributed by atoms with E-state index in [0.717, 1.165) is 28.9 Å². The number of ether oxygens (including phenoxy) is 1. The lowest BCUT2D eigenvalue weighted by Gasteiger charge is -2.19. The molecule has 1 aliphatic heterocycles. The number of benzene rings is 2. The Hall–Kier alpha value is -3.26. The summed E-state index contributed by atoms with van der Waals surface area (Å²) in [5.74, 6) is 0.146. The molecular weight excluding hydrogens is 439 g/mol. The van der Waals surface area contributed by atoms with Crippen molar-refractivity contribution in [2.75, 3.05) is 11.9 Å². The summed E-state index contributed by atoms with van der Waals surface area (Å²) in [5.41, 5.74) is 3.34. The number of hydrogen-bond acceptors (Lipinski definition) is 5. The van der Waals surface area contributed by atoms with E-state index in [4.69, 9.17) is 14.8 Å². The molecule has 8 heteroatoms. The molecule has 1 amide bonds. The Morgan fingerprint density at radius 3 is 2.82 bits per heavy atom. The third-order valence-corrected chi connectivity index (χ3v) is 6.81. The first kappa shape index (κ1) is 21.6. The number of thiazole rings is 1. The standard InChI is InChI=1S/C25H25FN4O2S/c1-16(19-9-5-6-10-20(19)26)29-30-22(15-33-25(30)27-18-7-3-2-4-8-18)17-11-12-23-21(13-17)28-24(31)14-32-23/h5-6,9-13,15,18H,2-4,7-8,14H2,1H3,(H,28,31). The van der Waals surface area contributed by atoms with Gasteiger partial charge >= 0.3 is 0 Å². The van der Waals surface area contributed by atoms with Crippen LogP contribution in [0.3, 0.4) is 0 Å². The van der Waals surface area contributed by atoms with Crippen molar-refractivity contribution in [2.45, 2.75) is 45.1 Å². The maximum absolute atomic E-state index is 14.4. The fourth-order valence-corrected chi connectivity index (χ4v) is 5.15. The molecule has 33 heavy (non-hydrogen) atoms. The van der Waals surface area contributed by atoms with E-state index in [1.54, 1.807) is 29.8 Å². The molecule has 1 fully saturated rings. The second-order valence-electron chi connectivity index (χ2n) is 8.35. The van der Waals surface area contributed by atoms with Crippen LogP contribution < -0.4 is 14.9 Å². The van der Waals surface area contributed by atoms with Crippen LogP contribution in [0.15, 0.2) is 57.9 Å². The number of halogens is 1. The van der Waals surface area contributed by atoms with Gasteiger partial charge in [0.2, 0.25) is 4.80 Å². The predicted octanol–water partition coefficient (Wildman–Crippen LogP) is 5.19. The minimum absolute atomic E-state index is 0.0152. The zero-order valence-corrected chi connectivity index (χ0v) is 19.2. The number of rotatable bonds is 4. The predicted molar refractivity (Wildman–Crippen MR) is 128 cm³/mol. The number of hydrogen-bond donors (Lipinski definition) is 1. The summed E-state index contributed by atoms with van der Waals surface area (Å²) >= 11 is 1.52. The SMILES string of the molecule is CC(=Nn1c(-c2ccc3c(c2)NC(=O)CO3)csc1=NC1CCCCC1)c1ccccc1F. The zero-order valence-electron chi connectivity index (χ0n) is 18.4. The van der Waals surface area contributed by atoms with Gasteiger partial charge in [-0.15, -0.1) is 11.3 Å². The summed E-state index contributed by atoms with van der Waals surface area (Å²) in [6.45, 7) is 1.82. The highest BCUT2D eigenvalue weighted by Gasteiger charge is 2.19. The molecule has 1 aliphatic carbocycles. The third-order valence-electron chi connectivity index (χ3n) is 5.97. The van der Waals surface area contributed by atoms with Crippen molar-refractivity contribution in [3.8, 4) is 17.0 Å². The van der Waals surface area contributed by atoms with Crippen LogP contribution in [0.4, 0.5) is 10.1 Å². The molecule has 0 unspecified atom stereocenters. The molecule has 6 nitrogen and oxygen atoms in total. The van der Waals surface area contributed by atoms with Crippen LogP contribution in [0.2, 0.25) is 0 Å². The van der Waals surface area contributed by atoms with Gasteiger partial charge in [-0.1, -0.05) is 37.5 Å². The van der Waals surface area contributed by atoms with Crippen LogP contribution in [0.1, 0.15) is 44.6 Å². The molecule has 0 radical (unpaired) electrons. The van der Waals surface area contributed by atoms with Gasteiger partial charge in [-0.25, -0.2) is 9.07 Å². The van der Waals surface area contributed by atoms with Crippen LogP contribution >= 0.6 is 11.3 Å². The van der Waals surface area contributed by atoms with Gasteiger partial charge in [0.1, 0.15) is 11.6 Å². The molecule has 2 heterocycles. The highest BCUT2D eigenvalue weighted by atomic mass is 32.1. The Balaban J connectivity index is 1.62. The van der Waals surface area contributed by atoms with Gasteiger partial charge in [0.15, 0.2) is 6.61 Å². The quantitative estimate of drug-likeness (QED) is 0.540. The summed E-state index contributed by atoms with van der Waals surface area (Å²) in [6.07, 6.45) is 5.79. The third kappa shape index (κ3) is 4.61. The topological polar surface area (TPSA) is 68.0 Å². The molecule has 1 saturated carbocycles. The van der Waals surface area contributed by atoms with E-state index in [1.807, 2.05) is 23.6 Å². The van der Waals surface area contributed by atoms with Gasteiger partial charge in [0, 0.05) is 16.5 Å². The zero-order chi connectivity index (χ0) is 22.8. The number of carbonyl (C=O) groups excluding carboxylic acids is 1. The molecule has 2 aliphatic rings. The van der Waals surface area contributed by atoms with Gasteiger partial charge in [-0.05, 0) is 44.0 Å². The lowest BCUT2D eigenvalue weighted by molar-refractivity contribution is -0.118. The van der Waals surface area contributed by atoms with Crippen molar-refractivity contribution < 1.29 is 13.9 Å². The monoisotopic (exact) mass is 464 g/mol. The molecule has 1 N–H and O–H groups in total. The Morgan fingerprint density at radius 1 is 1.18 bits per heavy atom. The minimum atomic E-state index is -0.310. The van der Waals surface area contributed by atoms with Crippen LogP contribution in [0, 0.1) is 5.82 Å². The molecular formula is C25H25FN4O2S. The van der Waals surface area contributed by atoms with Gasteiger partial charge in [0.05, 0.1) is 23.1 Å². The average Bonchev–Trinajstić information content (AvgIpc) is 3.21. The van der Waals surface area contributed by atoms with E-state index in [2.05, 4.69) is 5.32 Å². The molecule has 3 aromatic rings. The highest BCUT2D eigenvalue weighted by Crippen LogP contribution is 2.33. The first-order valence-electron chi connectivity index (χ1n) is 11.2. The van der Waals surface area contributed by atoms with E-state index in [-0.39, 0.29) is 24.4 Å². The van der Waals surface area contributed by atoms with Crippen molar-refractivity contribution in [3.05, 3.63) is 64.0 Å². The van der Waals surface area contributed by atoms with Gasteiger partial charge in [-0.3, -0.25) is 9.79 Å². The largest absolute Gasteiger partial charge is 0.482 e. The maximum atomic E-state index is 14.4. The summed E-state index contributed by atoms with van der Waals surface area (Å²) < 4.78 is 21.7. The van der Waals surface area contributed by atoms with Crippen LogP contribution in [0.25, 0.3) is 11.3 Å². The molecule has 0 bridgehead atoms. The van der Waals surface area contributed by atoms with Gasteiger partial charge in [0.25, 0.3) is 5.91 Å². The summed E-state index contributed by atoms with van der Waals surface area (Å²) in [6, 6.07) is 12.6. The second kappa shape index (κ2) is 9.31. The number of nitrogens with one attached hydrogen (secondary N) is 1. The number of amides is 1. The van der Waals surface area contributed by atoms with E-state index < -0.39 is 0 Å². The van der Waals surface area contributed by atoms with E-state index in [1.165, 1.54) is 36.7 Å². The maximum Gasteiger partial charge on any atom is 0.262 e. The molecule has 2 aromatic carbocycles. The minimum Gasteiger partial charge on any atom is -0.482 e. The van der Waals surface area contributed by atoms with Crippen molar-refractivity contribution >= 4 is 28.6 Å². The van der Waals surface area contributed by atoms with Crippen molar-refractivity contribution in [1.82, 2.24) is 4.68 Å². The molecule has 170 valence electrons. The van der Waals surface area contributed by atoms with Gasteiger partial charge in [-0.2, -0.15) is 5.10 Å². The van der Waals surface area contributed by atoms with Crippen LogP contribution in [-0.2, 0) is 4.79 Å². The normalized spacial score (nSPS) is 17.5. The molecule has 0 atom stereocenters. The summed E-state index contributed by atoms with van der Waals surface area (Å²) in [5, 5.41) is 9.67. The molecule has 0 saturated heterocycles. The molecule has 0 spiro atoms. The van der Waals surface area contributed by atoms with Gasteiger partial charge < -0.3 is 10.1 Å². The highest BCUT2D eigenvalue weighted by molar-refractivity contribution is 7.07. The van der Waals surface area contributed by atoms with Crippen molar-refractivity contribution in [3.63, 3.8) is 0 Å². The number of fused-ring (bicyclic) bond motifs is 1. The number of anilines is 1. The smallest absolute Gasteiger partial charge is 0.262 e. The Kier molecular flexibility index (Phi) is 6.09. The van der Waals surface area contributed by atoms with Crippen LogP contribution in [0.5, 0.6) is 5.75 Å². The number of nitrogens with zero attached hydrogens (tertiary/aromatic N) is 3. The fourth-order valence-electron chi connectivity index (χ4n) is 4.25. The first-order valence-corrected chi connectivity index (χ1v) is 12.1. The lowest BCUT2D eigenvalue weighted by Crippen LogP contribution is -2.25. The molecule has 5 rings (SSSR count). The summed E-state index contributed by atoms with van der Waals surface area (Å²) in [4.78, 5) is 17.6. The number of carbonyl (C=O) groups is 1. The number of aromatic nitrogens is 1. The van der Waals surface area contributed by atoms with Crippen molar-refractivity contribution in [2.24, 2.45) is 10.1 Å². The fraction of sp³-hybridized carbons (Fsp3) is 0.320. The second-order valence-corrected chi connectivity index (χ2v) is 9.19. The Morgan fingerprint density at radius 2 is 2.00 bits per heavy atom. The van der Waals surface area contributed by atoms with E-state index in [9.17, 15) is 9.18 Å². The van der Waals surface area contributed by atoms with E-state index in [0.29, 0.717) is 22.7 Å². The molecule has 1 aromatic heterocycles. The summed E-state index contributed by atoms with van der Waals surface area (Å²) in [7, 11) is 0.